The molecule has 0 saturated heterocycles. The molecule has 5 N–H and O–H groups in total. The van der Waals surface area contributed by atoms with E-state index in [2.05, 4.69) is 4.72 Å². The van der Waals surface area contributed by atoms with Crippen molar-refractivity contribution in [2.75, 3.05) is 33.0 Å². The molecule has 15 heteroatoms. The number of aryl methyl sites for hydroxylation is 1. The van der Waals surface area contributed by atoms with Gasteiger partial charge in [0.1, 0.15) is 16.1 Å². The van der Waals surface area contributed by atoms with E-state index in [-0.39, 0.29) is 15.5 Å². The van der Waals surface area contributed by atoms with Crippen LogP contribution in [0.1, 0.15) is 24.0 Å². The molecule has 3 rings (SSSR count). The Morgan fingerprint density at radius 3 is 2.37 bits per heavy atom. The highest BCUT2D eigenvalue weighted by Crippen LogP contribution is 2.41. The summed E-state index contributed by atoms with van der Waals surface area (Å²) in [4.78, 5) is 0. The number of sulfonamides is 1. The fourth-order valence-corrected chi connectivity index (χ4v) is 6.49. The third-order valence-electron chi connectivity index (χ3n) is 5.07. The molecule has 11 nitrogen and oxygen atoms in total. The van der Waals surface area contributed by atoms with Crippen molar-refractivity contribution in [2.45, 2.75) is 24.0 Å². The van der Waals surface area contributed by atoms with Gasteiger partial charge in [0, 0.05) is 26.8 Å². The normalized spacial score (nSPS) is 11.8. The average Bonchev–Trinajstić information content (AvgIpc) is 3.20. The molecule has 38 heavy (non-hydrogen) atoms. The first-order valence-electron chi connectivity index (χ1n) is 11.4. The third kappa shape index (κ3) is 7.58. The summed E-state index contributed by atoms with van der Waals surface area (Å²) >= 11 is 1.03. The maximum absolute atomic E-state index is 13.7. The van der Waals surface area contributed by atoms with Crippen molar-refractivity contribution in [2.24, 2.45) is 11.5 Å². The summed E-state index contributed by atoms with van der Waals surface area (Å²) in [6.07, 6.45) is 1.28. The van der Waals surface area contributed by atoms with Gasteiger partial charge in [-0.3, -0.25) is 0 Å². The molecule has 0 spiro atoms. The molecule has 0 aliphatic carbocycles. The standard InChI is InChI=1S/C23H27FN4O7PS2/c1-15-18-11-20(32-8-2-6-25)21(33-9-3-7-26)12-22(18)37-23(15)38(30,31)28-14-34-36(29)35-17-5-4-16(13-27)19(24)10-17/h4-5,10-12,28H,2-3,6-9,14,25-26H2,1H3/q+1. The summed E-state index contributed by atoms with van der Waals surface area (Å²) < 4.78 is 76.1. The zero-order valence-electron chi connectivity index (χ0n) is 20.4. The lowest BCUT2D eigenvalue weighted by molar-refractivity contribution is 0.266. The van der Waals surface area contributed by atoms with E-state index in [4.69, 9.17) is 35.3 Å². The second-order valence-electron chi connectivity index (χ2n) is 7.78. The maximum atomic E-state index is 13.7. The van der Waals surface area contributed by atoms with Gasteiger partial charge in [0.2, 0.25) is 0 Å². The van der Waals surface area contributed by atoms with Gasteiger partial charge in [-0.2, -0.15) is 9.98 Å². The fourth-order valence-electron chi connectivity index (χ4n) is 3.20. The van der Waals surface area contributed by atoms with Gasteiger partial charge in [0.05, 0.1) is 18.8 Å². The molecule has 1 unspecified atom stereocenters. The molecule has 0 aliphatic rings. The summed E-state index contributed by atoms with van der Waals surface area (Å²) in [6.45, 7) is 2.67. The largest absolute Gasteiger partial charge is 0.751 e. The number of nitrogens with one attached hydrogen (secondary N) is 1. The summed E-state index contributed by atoms with van der Waals surface area (Å²) in [6, 6.07) is 8.38. The van der Waals surface area contributed by atoms with E-state index in [1.54, 1.807) is 25.1 Å². The van der Waals surface area contributed by atoms with Crippen molar-refractivity contribution in [3.63, 3.8) is 0 Å². The number of nitrogens with zero attached hydrogens (tertiary/aromatic N) is 1. The van der Waals surface area contributed by atoms with Crippen LogP contribution in [-0.4, -0.2) is 41.5 Å². The SMILES string of the molecule is Cc1c(S(=O)(=O)NCO[P+](=O)Oc2ccc(C#N)c(F)c2)sc2cc(OCCCN)c(OCCCN)cc12. The topological polar surface area (TPSA) is 176 Å². The highest BCUT2D eigenvalue weighted by molar-refractivity contribution is 7.91. The number of nitrogens with two attached hydrogens (primary N) is 2. The number of fused-ring (bicyclic) bond motifs is 1. The predicted octanol–water partition coefficient (Wildman–Crippen LogP) is 3.66. The van der Waals surface area contributed by atoms with Crippen LogP contribution in [0.5, 0.6) is 17.2 Å². The number of benzene rings is 2. The van der Waals surface area contributed by atoms with Crippen LogP contribution in [-0.2, 0) is 19.1 Å². The Morgan fingerprint density at radius 1 is 1.11 bits per heavy atom. The van der Waals surface area contributed by atoms with E-state index in [0.717, 1.165) is 23.5 Å². The number of thiophene rings is 1. The zero-order chi connectivity index (χ0) is 27.7. The quantitative estimate of drug-likeness (QED) is 0.136. The van der Waals surface area contributed by atoms with Crippen LogP contribution in [0.25, 0.3) is 10.1 Å². The Hall–Kier alpha value is -2.89. The number of hydrogen-bond acceptors (Lipinski definition) is 11. The van der Waals surface area contributed by atoms with Crippen LogP contribution < -0.4 is 30.2 Å². The average molecular weight is 586 g/mol. The van der Waals surface area contributed by atoms with Crippen LogP contribution in [0.2, 0.25) is 0 Å². The molecule has 1 aromatic heterocycles. The number of nitriles is 1. The molecule has 3 aromatic rings. The van der Waals surface area contributed by atoms with Crippen LogP contribution in [0, 0.1) is 24.1 Å². The molecule has 2 aromatic carbocycles. The molecule has 1 heterocycles. The molecule has 0 bridgehead atoms. The van der Waals surface area contributed by atoms with Crippen molar-refractivity contribution in [3.8, 4) is 23.3 Å². The Kier molecular flexibility index (Phi) is 10.7. The zero-order valence-corrected chi connectivity index (χ0v) is 23.0. The number of hydrogen-bond donors (Lipinski definition) is 3. The predicted molar refractivity (Wildman–Crippen MR) is 141 cm³/mol. The lowest BCUT2D eigenvalue weighted by Crippen LogP contribution is -2.25. The lowest BCUT2D eigenvalue weighted by Gasteiger charge is -2.13. The molecule has 0 aliphatic heterocycles. The molecule has 0 saturated carbocycles. The highest BCUT2D eigenvalue weighted by atomic mass is 32.2. The lowest BCUT2D eigenvalue weighted by atomic mass is 10.2. The summed E-state index contributed by atoms with van der Waals surface area (Å²) in [5.41, 5.74) is 11.4. The molecule has 0 amide bonds. The Balaban J connectivity index is 1.72. The minimum Gasteiger partial charge on any atom is -0.490 e. The van der Waals surface area contributed by atoms with E-state index < -0.39 is 30.8 Å². The molecule has 1 atom stereocenters. The summed E-state index contributed by atoms with van der Waals surface area (Å²) in [5, 5.41) is 9.43. The van der Waals surface area contributed by atoms with Crippen molar-refractivity contribution in [3.05, 3.63) is 47.3 Å². The molecule has 0 fully saturated rings. The number of rotatable bonds is 15. The Labute approximate surface area is 224 Å². The van der Waals surface area contributed by atoms with Crippen molar-refractivity contribution in [1.82, 2.24) is 4.72 Å². The van der Waals surface area contributed by atoms with Gasteiger partial charge in [-0.1, -0.05) is 4.52 Å². The van der Waals surface area contributed by atoms with E-state index in [0.29, 0.717) is 66.3 Å². The van der Waals surface area contributed by atoms with E-state index in [1.165, 1.54) is 6.07 Å². The second-order valence-corrected chi connectivity index (χ2v) is 11.7. The first-order chi connectivity index (χ1) is 18.2. The highest BCUT2D eigenvalue weighted by Gasteiger charge is 2.27. The first-order valence-corrected chi connectivity index (χ1v) is 14.8. The molecule has 204 valence electrons. The molecule has 0 radical (unpaired) electrons. The van der Waals surface area contributed by atoms with Crippen molar-refractivity contribution >= 4 is 39.7 Å². The molecular formula is C23H27FN4O7PS2+. The maximum Gasteiger partial charge on any atom is 0.751 e. The number of halogens is 1. The fraction of sp³-hybridized carbons (Fsp3) is 0.348. The van der Waals surface area contributed by atoms with Crippen LogP contribution >= 0.6 is 19.6 Å². The van der Waals surface area contributed by atoms with Gasteiger partial charge in [-0.15, -0.1) is 11.3 Å². The summed E-state index contributed by atoms with van der Waals surface area (Å²) in [7, 11) is -6.89. The van der Waals surface area contributed by atoms with Gasteiger partial charge in [0.25, 0.3) is 10.0 Å². The van der Waals surface area contributed by atoms with Gasteiger partial charge >= 0.3 is 8.25 Å². The minimum absolute atomic E-state index is 0.0356. The minimum atomic E-state index is -4.06. The van der Waals surface area contributed by atoms with Crippen LogP contribution in [0.3, 0.4) is 0 Å². The monoisotopic (exact) mass is 585 g/mol. The van der Waals surface area contributed by atoms with E-state index in [9.17, 15) is 17.4 Å². The van der Waals surface area contributed by atoms with Crippen LogP contribution in [0.15, 0.2) is 34.5 Å². The number of ether oxygens (including phenoxy) is 2. The van der Waals surface area contributed by atoms with E-state index >= 15 is 0 Å². The van der Waals surface area contributed by atoms with E-state index in [1.807, 2.05) is 0 Å². The summed E-state index contributed by atoms with van der Waals surface area (Å²) in [5.74, 6) is -0.0506. The van der Waals surface area contributed by atoms with Gasteiger partial charge in [-0.25, -0.2) is 17.3 Å². The van der Waals surface area contributed by atoms with Gasteiger partial charge in [-0.05, 0) is 56.6 Å². The smallest absolute Gasteiger partial charge is 0.490 e. The van der Waals surface area contributed by atoms with Gasteiger partial charge in [0.15, 0.2) is 24.0 Å². The van der Waals surface area contributed by atoms with Crippen LogP contribution in [0.4, 0.5) is 4.39 Å². The van der Waals surface area contributed by atoms with Crippen molar-refractivity contribution in [1.29, 1.82) is 5.26 Å². The second kappa shape index (κ2) is 13.8. The third-order valence-corrected chi connectivity index (χ3v) is 9.02. The van der Waals surface area contributed by atoms with Crippen molar-refractivity contribution < 1.29 is 35.9 Å². The Bertz CT molecular complexity index is 1440. The molecular weight excluding hydrogens is 558 g/mol. The Morgan fingerprint density at radius 2 is 1.76 bits per heavy atom. The first kappa shape index (κ1) is 29.7. The van der Waals surface area contributed by atoms with Gasteiger partial charge < -0.3 is 20.9 Å².